The van der Waals surface area contributed by atoms with Crippen molar-refractivity contribution >= 4 is 39.9 Å². The van der Waals surface area contributed by atoms with E-state index in [1.807, 2.05) is 6.07 Å². The lowest BCUT2D eigenvalue weighted by Crippen LogP contribution is -2.00. The van der Waals surface area contributed by atoms with Gasteiger partial charge < -0.3 is 9.73 Å². The fourth-order valence-electron chi connectivity index (χ4n) is 2.42. The second-order valence-corrected chi connectivity index (χ2v) is 6.12. The van der Waals surface area contributed by atoms with Crippen LogP contribution in [0.4, 0.5) is 10.1 Å². The third-order valence-corrected chi connectivity index (χ3v) is 4.30. The van der Waals surface area contributed by atoms with E-state index < -0.39 is 5.82 Å². The lowest BCUT2D eigenvalue weighted by Gasteiger charge is -2.09. The summed E-state index contributed by atoms with van der Waals surface area (Å²) in [5.41, 5.74) is 2.16. The number of H-pyrrole nitrogens is 1. The number of hydrogen-bond donors (Lipinski definition) is 2. The van der Waals surface area contributed by atoms with Crippen LogP contribution in [0.15, 0.2) is 40.8 Å². The zero-order valence-electron chi connectivity index (χ0n) is 12.6. The van der Waals surface area contributed by atoms with Crippen molar-refractivity contribution in [2.24, 2.45) is 0 Å². The molecular formula is C16H10Cl2FN5O. The number of benzene rings is 2. The number of anilines is 1. The van der Waals surface area contributed by atoms with E-state index in [2.05, 4.69) is 25.9 Å². The lowest BCUT2D eigenvalue weighted by atomic mass is 10.1. The average molecular weight is 378 g/mol. The highest BCUT2D eigenvalue weighted by Crippen LogP contribution is 2.30. The fraction of sp³-hybridized carbons (Fsp3) is 0.0625. The Morgan fingerprint density at radius 3 is 2.76 bits per heavy atom. The molecule has 2 aromatic carbocycles. The van der Waals surface area contributed by atoms with Crippen molar-refractivity contribution in [3.8, 4) is 11.6 Å². The number of nitrogens with zero attached hydrogens (tertiary/aromatic N) is 3. The van der Waals surface area contributed by atoms with E-state index in [4.69, 9.17) is 27.6 Å². The van der Waals surface area contributed by atoms with Crippen molar-refractivity contribution in [2.75, 3.05) is 5.32 Å². The summed E-state index contributed by atoms with van der Waals surface area (Å²) in [5.74, 6) is 0.402. The Morgan fingerprint density at radius 2 is 2.00 bits per heavy atom. The topological polar surface area (TPSA) is 79.6 Å². The Bertz CT molecular complexity index is 1050. The zero-order chi connectivity index (χ0) is 17.4. The van der Waals surface area contributed by atoms with Crippen LogP contribution in [0.3, 0.4) is 0 Å². The molecule has 0 aliphatic heterocycles. The number of hydrogen-bond acceptors (Lipinski definition) is 5. The smallest absolute Gasteiger partial charge is 0.239 e. The Kier molecular flexibility index (Phi) is 4.03. The van der Waals surface area contributed by atoms with Gasteiger partial charge in [-0.1, -0.05) is 23.2 Å². The average Bonchev–Trinajstić information content (AvgIpc) is 3.24. The summed E-state index contributed by atoms with van der Waals surface area (Å²) in [6, 6.07) is 9.86. The SMILES string of the molecule is Fc1ccc(NCc2cc3oc(-c4nn[nH]n4)cc3cc2Cl)cc1Cl. The zero-order valence-corrected chi connectivity index (χ0v) is 14.1. The molecule has 4 aromatic rings. The van der Waals surface area contributed by atoms with Gasteiger partial charge in [0, 0.05) is 22.6 Å². The predicted octanol–water partition coefficient (Wildman–Crippen LogP) is 4.67. The maximum Gasteiger partial charge on any atom is 0.239 e. The lowest BCUT2D eigenvalue weighted by molar-refractivity contribution is 0.625. The Balaban J connectivity index is 1.60. The molecule has 0 amide bonds. The number of nitrogens with one attached hydrogen (secondary N) is 2. The summed E-state index contributed by atoms with van der Waals surface area (Å²) in [6.07, 6.45) is 0. The van der Waals surface area contributed by atoms with Crippen LogP contribution in [0.2, 0.25) is 10.0 Å². The van der Waals surface area contributed by atoms with Crippen molar-refractivity contribution in [1.82, 2.24) is 20.6 Å². The van der Waals surface area contributed by atoms with Crippen LogP contribution in [0.1, 0.15) is 5.56 Å². The molecule has 25 heavy (non-hydrogen) atoms. The molecule has 4 rings (SSSR count). The van der Waals surface area contributed by atoms with E-state index in [0.717, 1.165) is 10.9 Å². The van der Waals surface area contributed by atoms with Gasteiger partial charge in [-0.25, -0.2) is 4.39 Å². The maximum atomic E-state index is 13.2. The van der Waals surface area contributed by atoms with Gasteiger partial charge in [-0.05, 0) is 47.2 Å². The molecule has 0 saturated heterocycles. The number of fused-ring (bicyclic) bond motifs is 1. The molecule has 0 fully saturated rings. The number of halogens is 3. The number of furan rings is 1. The molecule has 126 valence electrons. The molecule has 9 heteroatoms. The van der Waals surface area contributed by atoms with Gasteiger partial charge in [-0.3, -0.25) is 0 Å². The summed E-state index contributed by atoms with van der Waals surface area (Å²) in [6.45, 7) is 0.426. The predicted molar refractivity (Wildman–Crippen MR) is 93.1 cm³/mol. The minimum atomic E-state index is -0.462. The van der Waals surface area contributed by atoms with Crippen molar-refractivity contribution in [2.45, 2.75) is 6.54 Å². The first kappa shape index (κ1) is 15.9. The van der Waals surface area contributed by atoms with Crippen molar-refractivity contribution in [3.05, 3.63) is 57.8 Å². The van der Waals surface area contributed by atoms with E-state index in [1.54, 1.807) is 18.2 Å². The highest BCUT2D eigenvalue weighted by atomic mass is 35.5. The minimum absolute atomic E-state index is 0.0577. The third kappa shape index (κ3) is 3.16. The standard InChI is InChI=1S/C16H10Cl2FN5O/c17-11-3-8-4-15(16-21-23-24-22-16)25-14(8)5-9(11)7-20-10-1-2-13(19)12(18)6-10/h1-6,20H,7H2,(H,21,22,23,24). The second-order valence-electron chi connectivity index (χ2n) is 5.31. The molecule has 0 atom stereocenters. The van der Waals surface area contributed by atoms with Gasteiger partial charge in [0.05, 0.1) is 5.02 Å². The third-order valence-electron chi connectivity index (χ3n) is 3.65. The molecule has 0 unspecified atom stereocenters. The molecule has 2 aromatic heterocycles. The van der Waals surface area contributed by atoms with Gasteiger partial charge in [0.2, 0.25) is 5.82 Å². The first-order valence-corrected chi connectivity index (χ1v) is 8.00. The summed E-state index contributed by atoms with van der Waals surface area (Å²) < 4.78 is 19.0. The highest BCUT2D eigenvalue weighted by Gasteiger charge is 2.13. The molecule has 0 radical (unpaired) electrons. The van der Waals surface area contributed by atoms with Crippen LogP contribution in [0, 0.1) is 5.82 Å². The monoisotopic (exact) mass is 377 g/mol. The van der Waals surface area contributed by atoms with Gasteiger partial charge in [-0.2, -0.15) is 5.21 Å². The van der Waals surface area contributed by atoms with E-state index in [1.165, 1.54) is 12.1 Å². The first-order valence-electron chi connectivity index (χ1n) is 7.25. The van der Waals surface area contributed by atoms with Gasteiger partial charge in [-0.15, -0.1) is 10.2 Å². The first-order chi connectivity index (χ1) is 12.1. The number of aromatic amines is 1. The van der Waals surface area contributed by atoms with Gasteiger partial charge >= 0.3 is 0 Å². The molecule has 0 aliphatic carbocycles. The minimum Gasteiger partial charge on any atom is -0.453 e. The molecular weight excluding hydrogens is 368 g/mol. The van der Waals surface area contributed by atoms with Crippen molar-refractivity contribution in [1.29, 1.82) is 0 Å². The Morgan fingerprint density at radius 1 is 1.12 bits per heavy atom. The summed E-state index contributed by atoms with van der Waals surface area (Å²) in [5, 5.41) is 18.3. The molecule has 0 spiro atoms. The van der Waals surface area contributed by atoms with Crippen LogP contribution in [-0.4, -0.2) is 20.6 Å². The molecule has 0 saturated carbocycles. The van der Waals surface area contributed by atoms with Crippen LogP contribution in [0.5, 0.6) is 0 Å². The summed E-state index contributed by atoms with van der Waals surface area (Å²) >= 11 is 12.1. The highest BCUT2D eigenvalue weighted by molar-refractivity contribution is 6.32. The maximum absolute atomic E-state index is 13.2. The number of rotatable bonds is 4. The quantitative estimate of drug-likeness (QED) is 0.540. The fourth-order valence-corrected chi connectivity index (χ4v) is 2.84. The van der Waals surface area contributed by atoms with Crippen LogP contribution in [0.25, 0.3) is 22.6 Å². The molecule has 0 bridgehead atoms. The molecule has 2 heterocycles. The van der Waals surface area contributed by atoms with Crippen molar-refractivity contribution in [3.63, 3.8) is 0 Å². The normalized spacial score (nSPS) is 11.2. The van der Waals surface area contributed by atoms with Gasteiger partial charge in [0.25, 0.3) is 0 Å². The summed E-state index contributed by atoms with van der Waals surface area (Å²) in [4.78, 5) is 0. The number of aromatic nitrogens is 4. The molecule has 6 nitrogen and oxygen atoms in total. The van der Waals surface area contributed by atoms with E-state index in [0.29, 0.717) is 34.4 Å². The summed E-state index contributed by atoms with van der Waals surface area (Å²) in [7, 11) is 0. The number of tetrazole rings is 1. The van der Waals surface area contributed by atoms with Crippen LogP contribution in [-0.2, 0) is 6.54 Å². The van der Waals surface area contributed by atoms with Crippen molar-refractivity contribution < 1.29 is 8.81 Å². The Hall–Kier alpha value is -2.64. The van der Waals surface area contributed by atoms with Gasteiger partial charge in [0.15, 0.2) is 5.76 Å². The van der Waals surface area contributed by atoms with E-state index in [-0.39, 0.29) is 5.02 Å². The van der Waals surface area contributed by atoms with Crippen LogP contribution >= 0.6 is 23.2 Å². The van der Waals surface area contributed by atoms with Gasteiger partial charge in [0.1, 0.15) is 11.4 Å². The van der Waals surface area contributed by atoms with E-state index in [9.17, 15) is 4.39 Å². The molecule has 2 N–H and O–H groups in total. The Labute approximate surface area is 150 Å². The van der Waals surface area contributed by atoms with Crippen LogP contribution < -0.4 is 5.32 Å². The second kappa shape index (κ2) is 6.34. The largest absolute Gasteiger partial charge is 0.453 e. The molecule has 0 aliphatic rings. The van der Waals surface area contributed by atoms with E-state index >= 15 is 0 Å².